The molecule has 0 radical (unpaired) electrons. The number of halogens is 1. The van der Waals surface area contributed by atoms with Gasteiger partial charge in [0, 0.05) is 36.1 Å². The summed E-state index contributed by atoms with van der Waals surface area (Å²) in [7, 11) is 1.70. The second-order valence-corrected chi connectivity index (χ2v) is 5.93. The van der Waals surface area contributed by atoms with E-state index in [4.69, 9.17) is 5.11 Å². The summed E-state index contributed by atoms with van der Waals surface area (Å²) >= 11 is 3.20. The van der Waals surface area contributed by atoms with Crippen molar-refractivity contribution in [2.75, 3.05) is 13.6 Å². The molecule has 2 N–H and O–H groups in total. The number of hydrogen-bond donors (Lipinski definition) is 2. The molecule has 1 heterocycles. The number of carbonyl (C=O) groups is 3. The highest BCUT2D eigenvalue weighted by atomic mass is 79.9. The van der Waals surface area contributed by atoms with Crippen LogP contribution in [0.1, 0.15) is 33.6 Å². The average molecular weight is 355 g/mol. The van der Waals surface area contributed by atoms with Gasteiger partial charge in [0.1, 0.15) is 0 Å². The van der Waals surface area contributed by atoms with E-state index in [1.807, 2.05) is 0 Å². The molecule has 1 aliphatic heterocycles. The zero-order valence-corrected chi connectivity index (χ0v) is 13.0. The number of nitrogens with zero attached hydrogens (tertiary/aromatic N) is 1. The van der Waals surface area contributed by atoms with E-state index in [-0.39, 0.29) is 29.0 Å². The zero-order valence-electron chi connectivity index (χ0n) is 11.4. The smallest absolute Gasteiger partial charge is 0.335 e. The Labute approximate surface area is 130 Å². The summed E-state index contributed by atoms with van der Waals surface area (Å²) in [6.45, 7) is 0.463. The minimum absolute atomic E-state index is 0.0467. The van der Waals surface area contributed by atoms with Gasteiger partial charge in [0.2, 0.25) is 5.91 Å². The fourth-order valence-electron chi connectivity index (χ4n) is 2.24. The number of piperidine rings is 1. The first kappa shape index (κ1) is 15.5. The number of likely N-dealkylation sites (N-methyl/N-ethyl adjacent to an activating group) is 1. The maximum atomic E-state index is 12.2. The molecule has 1 atom stereocenters. The second-order valence-electron chi connectivity index (χ2n) is 5.02. The number of likely N-dealkylation sites (tertiary alicyclic amines) is 1. The van der Waals surface area contributed by atoms with E-state index >= 15 is 0 Å². The highest BCUT2D eigenvalue weighted by Gasteiger charge is 2.24. The Morgan fingerprint density at radius 3 is 2.62 bits per heavy atom. The Morgan fingerprint density at radius 2 is 2.00 bits per heavy atom. The lowest BCUT2D eigenvalue weighted by Crippen LogP contribution is -2.48. The quantitative estimate of drug-likeness (QED) is 0.860. The number of benzene rings is 1. The van der Waals surface area contributed by atoms with Crippen molar-refractivity contribution in [1.29, 1.82) is 0 Å². The monoisotopic (exact) mass is 354 g/mol. The molecule has 0 saturated carbocycles. The van der Waals surface area contributed by atoms with Gasteiger partial charge in [-0.3, -0.25) is 9.59 Å². The highest BCUT2D eigenvalue weighted by Crippen LogP contribution is 2.17. The number of nitrogens with one attached hydrogen (secondary N) is 1. The summed E-state index contributed by atoms with van der Waals surface area (Å²) in [4.78, 5) is 36.2. The van der Waals surface area contributed by atoms with Gasteiger partial charge in [0.25, 0.3) is 5.91 Å². The number of aromatic carboxylic acids is 1. The van der Waals surface area contributed by atoms with Gasteiger partial charge in [-0.25, -0.2) is 4.79 Å². The largest absolute Gasteiger partial charge is 0.478 e. The molecule has 0 bridgehead atoms. The molecule has 21 heavy (non-hydrogen) atoms. The lowest BCUT2D eigenvalue weighted by molar-refractivity contribution is -0.132. The van der Waals surface area contributed by atoms with Crippen molar-refractivity contribution in [3.05, 3.63) is 33.8 Å². The number of carboxylic acid groups (broad SMARTS) is 1. The molecule has 2 amide bonds. The minimum Gasteiger partial charge on any atom is -0.478 e. The number of amides is 2. The molecule has 112 valence electrons. The molecular weight excluding hydrogens is 340 g/mol. The lowest BCUT2D eigenvalue weighted by Gasteiger charge is -2.30. The van der Waals surface area contributed by atoms with Gasteiger partial charge in [-0.2, -0.15) is 0 Å². The number of hydrogen-bond acceptors (Lipinski definition) is 3. The third-order valence-electron chi connectivity index (χ3n) is 3.37. The molecule has 1 unspecified atom stereocenters. The molecule has 2 rings (SSSR count). The van der Waals surface area contributed by atoms with Gasteiger partial charge in [0.15, 0.2) is 0 Å². The molecule has 1 aliphatic rings. The summed E-state index contributed by atoms with van der Waals surface area (Å²) in [6.07, 6.45) is 0.995. The van der Waals surface area contributed by atoms with Gasteiger partial charge < -0.3 is 15.3 Å². The van der Waals surface area contributed by atoms with Crippen molar-refractivity contribution in [1.82, 2.24) is 10.2 Å². The van der Waals surface area contributed by atoms with E-state index in [0.29, 0.717) is 23.9 Å². The molecular formula is C14H15BrN2O4. The van der Waals surface area contributed by atoms with Crippen LogP contribution in [0.5, 0.6) is 0 Å². The van der Waals surface area contributed by atoms with Gasteiger partial charge in [0.05, 0.1) is 5.56 Å². The highest BCUT2D eigenvalue weighted by molar-refractivity contribution is 9.10. The van der Waals surface area contributed by atoms with Crippen LogP contribution in [0.3, 0.4) is 0 Å². The van der Waals surface area contributed by atoms with Crippen molar-refractivity contribution in [3.8, 4) is 0 Å². The normalized spacial score (nSPS) is 18.5. The minimum atomic E-state index is -1.09. The van der Waals surface area contributed by atoms with E-state index in [9.17, 15) is 14.4 Å². The fourth-order valence-corrected chi connectivity index (χ4v) is 2.74. The van der Waals surface area contributed by atoms with Crippen LogP contribution in [0.2, 0.25) is 0 Å². The summed E-state index contributed by atoms with van der Waals surface area (Å²) in [5, 5.41) is 11.8. The predicted octanol–water partition coefficient (Wildman–Crippen LogP) is 1.50. The van der Waals surface area contributed by atoms with E-state index in [1.54, 1.807) is 18.0 Å². The second kappa shape index (κ2) is 6.26. The summed E-state index contributed by atoms with van der Waals surface area (Å²) in [6, 6.07) is 4.22. The van der Waals surface area contributed by atoms with Gasteiger partial charge in [-0.1, -0.05) is 15.9 Å². The van der Waals surface area contributed by atoms with E-state index in [0.717, 1.165) is 0 Å². The van der Waals surface area contributed by atoms with Gasteiger partial charge >= 0.3 is 5.97 Å². The summed E-state index contributed by atoms with van der Waals surface area (Å²) in [5.74, 6) is -1.36. The lowest BCUT2D eigenvalue weighted by atomic mass is 10.0. The van der Waals surface area contributed by atoms with Gasteiger partial charge in [-0.15, -0.1) is 0 Å². The molecule has 6 nitrogen and oxygen atoms in total. The molecule has 1 saturated heterocycles. The van der Waals surface area contributed by atoms with Crippen LogP contribution in [0.4, 0.5) is 0 Å². The van der Waals surface area contributed by atoms with E-state index in [2.05, 4.69) is 21.2 Å². The van der Waals surface area contributed by atoms with Crippen LogP contribution in [0, 0.1) is 0 Å². The van der Waals surface area contributed by atoms with Crippen LogP contribution in [-0.4, -0.2) is 47.4 Å². The van der Waals surface area contributed by atoms with Crippen LogP contribution in [0.25, 0.3) is 0 Å². The predicted molar refractivity (Wildman–Crippen MR) is 79.2 cm³/mol. The average Bonchev–Trinajstić information content (AvgIpc) is 2.42. The number of carboxylic acids is 1. The first-order valence-corrected chi connectivity index (χ1v) is 7.25. The van der Waals surface area contributed by atoms with E-state index < -0.39 is 5.97 Å². The summed E-state index contributed by atoms with van der Waals surface area (Å²) < 4.78 is 0.531. The molecule has 0 aliphatic carbocycles. The Hall–Kier alpha value is -1.89. The Bertz CT molecular complexity index is 603. The zero-order chi connectivity index (χ0) is 15.6. The van der Waals surface area contributed by atoms with E-state index in [1.165, 1.54) is 12.1 Å². The van der Waals surface area contributed by atoms with Crippen molar-refractivity contribution >= 4 is 33.7 Å². The number of rotatable bonds is 3. The fraction of sp³-hybridized carbons (Fsp3) is 0.357. The third kappa shape index (κ3) is 3.81. The molecule has 1 aromatic carbocycles. The first-order chi connectivity index (χ1) is 9.86. The van der Waals surface area contributed by atoms with Crippen molar-refractivity contribution < 1.29 is 19.5 Å². The SMILES string of the molecule is CN1CC(NC(=O)c2cc(Br)cc(C(=O)O)c2)CCC1=O. The first-order valence-electron chi connectivity index (χ1n) is 6.45. The standard InChI is InChI=1S/C14H15BrN2O4/c1-17-7-11(2-3-12(17)18)16-13(19)8-4-9(14(20)21)6-10(15)5-8/h4-6,11H,2-3,7H2,1H3,(H,16,19)(H,20,21). The molecule has 1 aromatic rings. The van der Waals surface area contributed by atoms with Crippen LogP contribution >= 0.6 is 15.9 Å². The Balaban J connectivity index is 2.10. The molecule has 1 fully saturated rings. The van der Waals surface area contributed by atoms with Gasteiger partial charge in [-0.05, 0) is 24.6 Å². The van der Waals surface area contributed by atoms with Crippen molar-refractivity contribution in [3.63, 3.8) is 0 Å². The van der Waals surface area contributed by atoms with Crippen LogP contribution in [-0.2, 0) is 4.79 Å². The Kier molecular flexibility index (Phi) is 4.62. The third-order valence-corrected chi connectivity index (χ3v) is 3.83. The molecule has 0 aromatic heterocycles. The molecule has 7 heteroatoms. The maximum Gasteiger partial charge on any atom is 0.335 e. The van der Waals surface area contributed by atoms with Crippen LogP contribution < -0.4 is 5.32 Å². The van der Waals surface area contributed by atoms with Crippen molar-refractivity contribution in [2.45, 2.75) is 18.9 Å². The molecule has 0 spiro atoms. The van der Waals surface area contributed by atoms with Crippen molar-refractivity contribution in [2.24, 2.45) is 0 Å². The number of carbonyl (C=O) groups excluding carboxylic acids is 2. The Morgan fingerprint density at radius 1 is 1.33 bits per heavy atom. The summed E-state index contributed by atoms with van der Waals surface area (Å²) in [5.41, 5.74) is 0.326. The van der Waals surface area contributed by atoms with Crippen LogP contribution in [0.15, 0.2) is 22.7 Å². The maximum absolute atomic E-state index is 12.2. The topological polar surface area (TPSA) is 86.7 Å².